The van der Waals surface area contributed by atoms with Crippen molar-refractivity contribution in [1.29, 1.82) is 0 Å². The van der Waals surface area contributed by atoms with E-state index in [0.29, 0.717) is 10.9 Å². The summed E-state index contributed by atoms with van der Waals surface area (Å²) in [4.78, 5) is 2.71. The molecule has 2 heterocycles. The lowest BCUT2D eigenvalue weighted by molar-refractivity contribution is 0.155. The maximum absolute atomic E-state index is 13.6. The Hall–Kier alpha value is -2.31. The molecule has 3 aromatic rings. The van der Waals surface area contributed by atoms with Crippen LogP contribution in [0.15, 0.2) is 53.6 Å². The zero-order valence-electron chi connectivity index (χ0n) is 19.7. The third kappa shape index (κ3) is 4.56. The Kier molecular flexibility index (Phi) is 6.23. The van der Waals surface area contributed by atoms with Crippen LogP contribution in [0, 0.1) is 6.92 Å². The van der Waals surface area contributed by atoms with Crippen LogP contribution in [0.25, 0.3) is 10.9 Å². The fourth-order valence-corrected chi connectivity index (χ4v) is 6.76. The van der Waals surface area contributed by atoms with Gasteiger partial charge in [0.2, 0.25) is 0 Å². The lowest BCUT2D eigenvalue weighted by Crippen LogP contribution is -2.26. The van der Waals surface area contributed by atoms with E-state index in [1.54, 1.807) is 12.1 Å². The van der Waals surface area contributed by atoms with Gasteiger partial charge in [0.25, 0.3) is 10.0 Å². The predicted octanol–water partition coefficient (Wildman–Crippen LogP) is 5.53. The highest BCUT2D eigenvalue weighted by molar-refractivity contribution is 7.90. The molecule has 1 aliphatic heterocycles. The maximum atomic E-state index is 13.6. The minimum absolute atomic E-state index is 0.263. The van der Waals surface area contributed by atoms with E-state index in [-0.39, 0.29) is 6.10 Å². The molecular formula is C27H34N2O3S. The molecular weight excluding hydrogens is 432 g/mol. The van der Waals surface area contributed by atoms with Gasteiger partial charge in [-0.05, 0) is 101 Å². The second-order valence-corrected chi connectivity index (χ2v) is 11.6. The molecule has 0 spiro atoms. The SMILES string of the molecule is Cc1ccc(S(=O)(=O)n2cc(C[C@H]3CCCN3C)c3cc(OC4CCCCC4)ccc32)cc1. The van der Waals surface area contributed by atoms with Crippen LogP contribution in [0.1, 0.15) is 56.1 Å². The van der Waals surface area contributed by atoms with Gasteiger partial charge in [-0.1, -0.05) is 24.1 Å². The number of hydrogen-bond donors (Lipinski definition) is 0. The molecule has 1 aliphatic carbocycles. The molecule has 5 rings (SSSR count). The minimum Gasteiger partial charge on any atom is -0.490 e. The molecule has 1 saturated carbocycles. The standard InChI is InChI=1S/C27H34N2O3S/c1-20-10-13-25(14-11-20)33(30,31)29-19-21(17-22-7-6-16-28(22)2)26-18-24(12-15-27(26)29)32-23-8-4-3-5-9-23/h10-15,18-19,22-23H,3-9,16-17H2,1-2H3/t22-/m1/s1. The molecule has 6 heteroatoms. The van der Waals surface area contributed by atoms with Crippen molar-refractivity contribution in [1.82, 2.24) is 8.87 Å². The molecule has 1 atom stereocenters. The first-order valence-electron chi connectivity index (χ1n) is 12.2. The van der Waals surface area contributed by atoms with Gasteiger partial charge in [-0.2, -0.15) is 0 Å². The molecule has 33 heavy (non-hydrogen) atoms. The first-order valence-corrected chi connectivity index (χ1v) is 13.7. The van der Waals surface area contributed by atoms with Gasteiger partial charge >= 0.3 is 0 Å². The molecule has 0 unspecified atom stereocenters. The zero-order chi connectivity index (χ0) is 23.0. The number of fused-ring (bicyclic) bond motifs is 1. The molecule has 1 aromatic heterocycles. The van der Waals surface area contributed by atoms with Crippen molar-refractivity contribution in [2.75, 3.05) is 13.6 Å². The normalized spacial score (nSPS) is 20.5. The summed E-state index contributed by atoms with van der Waals surface area (Å²) in [5.41, 5.74) is 2.84. The molecule has 0 bridgehead atoms. The topological polar surface area (TPSA) is 51.5 Å². The number of hydrogen-bond acceptors (Lipinski definition) is 4. The number of likely N-dealkylation sites (tertiary alicyclic amines) is 1. The third-order valence-corrected chi connectivity index (χ3v) is 9.07. The van der Waals surface area contributed by atoms with Crippen LogP contribution < -0.4 is 4.74 Å². The molecule has 2 aliphatic rings. The Morgan fingerprint density at radius 1 is 0.970 bits per heavy atom. The number of aryl methyl sites for hydroxylation is 1. The van der Waals surface area contributed by atoms with Crippen LogP contribution in [0.2, 0.25) is 0 Å². The summed E-state index contributed by atoms with van der Waals surface area (Å²) in [5, 5.41) is 0.985. The Bertz CT molecular complexity index is 1220. The van der Waals surface area contributed by atoms with Gasteiger partial charge in [-0.3, -0.25) is 0 Å². The van der Waals surface area contributed by atoms with Gasteiger partial charge < -0.3 is 9.64 Å². The maximum Gasteiger partial charge on any atom is 0.268 e. The van der Waals surface area contributed by atoms with Crippen LogP contribution in [-0.2, 0) is 16.4 Å². The van der Waals surface area contributed by atoms with Gasteiger partial charge in [0.05, 0.1) is 16.5 Å². The number of aromatic nitrogens is 1. The summed E-state index contributed by atoms with van der Waals surface area (Å²) in [7, 11) is -1.52. The van der Waals surface area contributed by atoms with E-state index in [1.165, 1.54) is 29.7 Å². The number of benzene rings is 2. The Labute approximate surface area is 197 Å². The zero-order valence-corrected chi connectivity index (χ0v) is 20.5. The smallest absolute Gasteiger partial charge is 0.268 e. The molecule has 1 saturated heterocycles. The van der Waals surface area contributed by atoms with Crippen molar-refractivity contribution in [2.24, 2.45) is 0 Å². The van der Waals surface area contributed by atoms with Crippen LogP contribution >= 0.6 is 0 Å². The van der Waals surface area contributed by atoms with E-state index < -0.39 is 10.0 Å². The molecule has 0 amide bonds. The van der Waals surface area contributed by atoms with E-state index in [1.807, 2.05) is 37.4 Å². The van der Waals surface area contributed by atoms with Gasteiger partial charge in [0.1, 0.15) is 5.75 Å². The Balaban J connectivity index is 1.56. The van der Waals surface area contributed by atoms with Gasteiger partial charge in [0.15, 0.2) is 0 Å². The van der Waals surface area contributed by atoms with Crippen molar-refractivity contribution in [3.63, 3.8) is 0 Å². The molecule has 176 valence electrons. The van der Waals surface area contributed by atoms with E-state index in [2.05, 4.69) is 18.0 Å². The third-order valence-electron chi connectivity index (χ3n) is 7.38. The first-order chi connectivity index (χ1) is 15.9. The Morgan fingerprint density at radius 2 is 1.73 bits per heavy atom. The quantitative estimate of drug-likeness (QED) is 0.479. The summed E-state index contributed by atoms with van der Waals surface area (Å²) in [6.07, 6.45) is 11.2. The van der Waals surface area contributed by atoms with Crippen molar-refractivity contribution in [3.05, 3.63) is 59.8 Å². The lowest BCUT2D eigenvalue weighted by Gasteiger charge is -2.23. The fourth-order valence-electron chi connectivity index (χ4n) is 5.37. The Morgan fingerprint density at radius 3 is 2.42 bits per heavy atom. The van der Waals surface area contributed by atoms with E-state index in [4.69, 9.17) is 4.74 Å². The highest BCUT2D eigenvalue weighted by Gasteiger charge is 2.26. The lowest BCUT2D eigenvalue weighted by atomic mass is 9.98. The highest BCUT2D eigenvalue weighted by atomic mass is 32.2. The van der Waals surface area contributed by atoms with Gasteiger partial charge in [-0.25, -0.2) is 12.4 Å². The second-order valence-electron chi connectivity index (χ2n) is 9.81. The second kappa shape index (κ2) is 9.15. The predicted molar refractivity (Wildman–Crippen MR) is 133 cm³/mol. The number of rotatable bonds is 6. The fraction of sp³-hybridized carbons (Fsp3) is 0.481. The van der Waals surface area contributed by atoms with Crippen molar-refractivity contribution >= 4 is 20.9 Å². The molecule has 2 aromatic carbocycles. The molecule has 5 nitrogen and oxygen atoms in total. The van der Waals surface area contributed by atoms with Crippen molar-refractivity contribution in [3.8, 4) is 5.75 Å². The molecule has 2 fully saturated rings. The number of likely N-dealkylation sites (N-methyl/N-ethyl adjacent to an activating group) is 1. The van der Waals surface area contributed by atoms with E-state index in [9.17, 15) is 8.42 Å². The van der Waals surface area contributed by atoms with Crippen LogP contribution in [0.4, 0.5) is 0 Å². The summed E-state index contributed by atoms with van der Waals surface area (Å²) in [6.45, 7) is 3.06. The molecule has 0 radical (unpaired) electrons. The average molecular weight is 467 g/mol. The summed E-state index contributed by atoms with van der Waals surface area (Å²) in [6, 6.07) is 13.4. The number of nitrogens with zero attached hydrogens (tertiary/aromatic N) is 2. The van der Waals surface area contributed by atoms with Crippen molar-refractivity contribution in [2.45, 2.75) is 75.3 Å². The van der Waals surface area contributed by atoms with Crippen LogP contribution in [0.5, 0.6) is 5.75 Å². The summed E-state index contributed by atoms with van der Waals surface area (Å²) >= 11 is 0. The highest BCUT2D eigenvalue weighted by Crippen LogP contribution is 2.33. The monoisotopic (exact) mass is 466 g/mol. The van der Waals surface area contributed by atoms with Gasteiger partial charge in [0, 0.05) is 17.6 Å². The van der Waals surface area contributed by atoms with Crippen molar-refractivity contribution < 1.29 is 13.2 Å². The summed E-state index contributed by atoms with van der Waals surface area (Å²) in [5.74, 6) is 0.848. The minimum atomic E-state index is -3.69. The van der Waals surface area contributed by atoms with Gasteiger partial charge in [-0.15, -0.1) is 0 Å². The van der Waals surface area contributed by atoms with Crippen LogP contribution in [-0.4, -0.2) is 43.0 Å². The van der Waals surface area contributed by atoms with Crippen LogP contribution in [0.3, 0.4) is 0 Å². The summed E-state index contributed by atoms with van der Waals surface area (Å²) < 4.78 is 35.0. The van der Waals surface area contributed by atoms with E-state index in [0.717, 1.165) is 60.0 Å². The first kappa shape index (κ1) is 22.5. The number of ether oxygens (including phenoxy) is 1. The average Bonchev–Trinajstić information content (AvgIpc) is 3.38. The largest absolute Gasteiger partial charge is 0.490 e. The van der Waals surface area contributed by atoms with E-state index >= 15 is 0 Å². The molecule has 0 N–H and O–H groups in total.